The summed E-state index contributed by atoms with van der Waals surface area (Å²) in [4.78, 5) is 19.7. The SMILES string of the molecule is [2H]C(=O)OOc1ccc(SC)cc1. The summed E-state index contributed by atoms with van der Waals surface area (Å²) in [5.41, 5.74) is 0. The quantitative estimate of drug-likeness (QED) is 0.312. The Labute approximate surface area is 76.0 Å². The summed E-state index contributed by atoms with van der Waals surface area (Å²) in [6, 6.07) is 6.99. The molecule has 0 saturated carbocycles. The smallest absolute Gasteiger partial charge is 0.287 e. The van der Waals surface area contributed by atoms with Crippen molar-refractivity contribution in [1.29, 1.82) is 0 Å². The highest BCUT2D eigenvalue weighted by molar-refractivity contribution is 7.98. The van der Waals surface area contributed by atoms with Gasteiger partial charge in [-0.25, -0.2) is 0 Å². The lowest BCUT2D eigenvalue weighted by Gasteiger charge is -1.99. The Morgan fingerprint density at radius 2 is 2.17 bits per heavy atom. The summed E-state index contributed by atoms with van der Waals surface area (Å²) in [5.74, 6) is 0.401. The minimum Gasteiger partial charge on any atom is -0.287 e. The van der Waals surface area contributed by atoms with Gasteiger partial charge in [-0.15, -0.1) is 11.8 Å². The van der Waals surface area contributed by atoms with Crippen LogP contribution >= 0.6 is 11.8 Å². The second-order valence-corrected chi connectivity index (χ2v) is 2.81. The fourth-order valence-corrected chi connectivity index (χ4v) is 1.10. The fourth-order valence-electron chi connectivity index (χ4n) is 0.696. The van der Waals surface area contributed by atoms with E-state index in [1.165, 1.54) is 0 Å². The van der Waals surface area contributed by atoms with Crippen LogP contribution in [0.1, 0.15) is 1.37 Å². The van der Waals surface area contributed by atoms with Gasteiger partial charge in [0.15, 0.2) is 7.12 Å². The molecule has 12 heavy (non-hydrogen) atoms. The molecule has 0 aliphatic heterocycles. The van der Waals surface area contributed by atoms with E-state index in [4.69, 9.17) is 1.37 Å². The maximum Gasteiger partial charge on any atom is 0.343 e. The Morgan fingerprint density at radius 1 is 1.50 bits per heavy atom. The van der Waals surface area contributed by atoms with Crippen molar-refractivity contribution < 1.29 is 15.9 Å². The van der Waals surface area contributed by atoms with Gasteiger partial charge in [0.25, 0.3) is 0 Å². The zero-order valence-corrected chi connectivity index (χ0v) is 7.26. The molecule has 0 heterocycles. The summed E-state index contributed by atoms with van der Waals surface area (Å²) >= 11 is 1.60. The molecule has 0 aromatic heterocycles. The van der Waals surface area contributed by atoms with Crippen LogP contribution in [0, 0.1) is 0 Å². The van der Waals surface area contributed by atoms with Gasteiger partial charge in [0, 0.05) is 4.90 Å². The first kappa shape index (κ1) is 7.49. The second kappa shape index (κ2) is 4.66. The number of carbonyl (C=O) groups excluding carboxylic acids is 1. The minimum atomic E-state index is -1.21. The van der Waals surface area contributed by atoms with E-state index in [2.05, 4.69) is 9.78 Å². The Hall–Kier alpha value is -1.16. The van der Waals surface area contributed by atoms with Crippen LogP contribution in [-0.4, -0.2) is 12.7 Å². The third-order valence-electron chi connectivity index (χ3n) is 1.23. The number of hydrogen-bond acceptors (Lipinski definition) is 4. The highest BCUT2D eigenvalue weighted by Gasteiger charge is 1.93. The number of benzene rings is 1. The average Bonchev–Trinajstić information content (AvgIpc) is 2.15. The van der Waals surface area contributed by atoms with Gasteiger partial charge in [-0.1, -0.05) is 0 Å². The zero-order chi connectivity index (χ0) is 9.68. The largest absolute Gasteiger partial charge is 0.343 e. The number of carbonyl (C=O) groups is 1. The zero-order valence-electron chi connectivity index (χ0n) is 7.44. The Balaban J connectivity index is 2.54. The molecule has 0 amide bonds. The van der Waals surface area contributed by atoms with Crippen molar-refractivity contribution in [3.05, 3.63) is 24.3 Å². The van der Waals surface area contributed by atoms with Crippen molar-refractivity contribution in [3.8, 4) is 5.75 Å². The summed E-state index contributed by atoms with van der Waals surface area (Å²) < 4.78 is 6.42. The molecule has 0 bridgehead atoms. The van der Waals surface area contributed by atoms with E-state index in [1.807, 2.05) is 18.4 Å². The Morgan fingerprint density at radius 3 is 2.67 bits per heavy atom. The van der Waals surface area contributed by atoms with Crippen molar-refractivity contribution >= 4 is 18.2 Å². The van der Waals surface area contributed by atoms with Gasteiger partial charge >= 0.3 is 6.45 Å². The first-order chi connectivity index (χ1) is 6.22. The molecule has 64 valence electrons. The van der Waals surface area contributed by atoms with E-state index in [-0.39, 0.29) is 0 Å². The molecule has 0 N–H and O–H groups in total. The average molecular weight is 185 g/mol. The van der Waals surface area contributed by atoms with Gasteiger partial charge in [-0.3, -0.25) is 14.6 Å². The molecule has 0 aliphatic carbocycles. The Bertz CT molecular complexity index is 286. The molecule has 0 spiro atoms. The lowest BCUT2D eigenvalue weighted by molar-refractivity contribution is -0.196. The Kier molecular flexibility index (Phi) is 2.91. The van der Waals surface area contributed by atoms with E-state index in [1.54, 1.807) is 23.9 Å². The van der Waals surface area contributed by atoms with E-state index < -0.39 is 6.45 Å². The van der Waals surface area contributed by atoms with E-state index >= 15 is 0 Å². The molecule has 1 aromatic carbocycles. The number of rotatable bonds is 3. The van der Waals surface area contributed by atoms with E-state index in [0.717, 1.165) is 4.90 Å². The summed E-state index contributed by atoms with van der Waals surface area (Å²) in [6.07, 6.45) is 0.744. The molecule has 3 nitrogen and oxygen atoms in total. The van der Waals surface area contributed by atoms with Crippen molar-refractivity contribution in [1.82, 2.24) is 0 Å². The van der Waals surface area contributed by atoms with Crippen molar-refractivity contribution in [2.24, 2.45) is 0 Å². The molecule has 1 aromatic rings. The van der Waals surface area contributed by atoms with Crippen LogP contribution in [0.4, 0.5) is 0 Å². The van der Waals surface area contributed by atoms with Gasteiger partial charge in [-0.2, -0.15) is 0 Å². The highest BCUT2D eigenvalue weighted by atomic mass is 32.2. The van der Waals surface area contributed by atoms with Crippen LogP contribution in [0.25, 0.3) is 0 Å². The molecule has 0 atom stereocenters. The van der Waals surface area contributed by atoms with E-state index in [0.29, 0.717) is 5.75 Å². The van der Waals surface area contributed by atoms with Crippen LogP contribution in [-0.2, 0) is 9.68 Å². The van der Waals surface area contributed by atoms with Gasteiger partial charge in [0.2, 0.25) is 0 Å². The predicted octanol–water partition coefficient (Wildman–Crippen LogP) is 1.88. The lowest BCUT2D eigenvalue weighted by Crippen LogP contribution is -1.93. The second-order valence-electron chi connectivity index (χ2n) is 1.93. The molecule has 0 aliphatic rings. The van der Waals surface area contributed by atoms with Crippen LogP contribution < -0.4 is 4.89 Å². The first-order valence-electron chi connectivity index (χ1n) is 3.71. The van der Waals surface area contributed by atoms with Gasteiger partial charge in [-0.05, 0) is 30.5 Å². The first-order valence-corrected chi connectivity index (χ1v) is 4.44. The van der Waals surface area contributed by atoms with Gasteiger partial charge < -0.3 is 0 Å². The van der Waals surface area contributed by atoms with Crippen molar-refractivity contribution in [2.75, 3.05) is 6.26 Å². The summed E-state index contributed by atoms with van der Waals surface area (Å²) in [7, 11) is 0. The number of thioether (sulfide) groups is 1. The normalized spacial score (nSPS) is 10.2. The molecule has 1 rings (SSSR count). The van der Waals surface area contributed by atoms with Crippen LogP contribution in [0.2, 0.25) is 0 Å². The van der Waals surface area contributed by atoms with Crippen LogP contribution in [0.3, 0.4) is 0 Å². The summed E-state index contributed by atoms with van der Waals surface area (Å²) in [6.45, 7) is 0. The summed E-state index contributed by atoms with van der Waals surface area (Å²) in [5, 5.41) is 0. The highest BCUT2D eigenvalue weighted by Crippen LogP contribution is 2.18. The third-order valence-corrected chi connectivity index (χ3v) is 1.97. The molecule has 0 saturated heterocycles. The van der Waals surface area contributed by atoms with Crippen LogP contribution in [0.15, 0.2) is 29.2 Å². The maximum absolute atomic E-state index is 10.1. The monoisotopic (exact) mass is 185 g/mol. The van der Waals surface area contributed by atoms with E-state index in [9.17, 15) is 4.79 Å². The molecule has 0 radical (unpaired) electrons. The minimum absolute atomic E-state index is 0.401. The standard InChI is InChI=1S/C8H8O3S/c1-12-8-4-2-7(3-5-8)11-10-6-9/h2-6H,1H3/i6D. The van der Waals surface area contributed by atoms with Crippen molar-refractivity contribution in [3.63, 3.8) is 0 Å². The topological polar surface area (TPSA) is 35.5 Å². The van der Waals surface area contributed by atoms with Crippen LogP contribution in [0.5, 0.6) is 5.75 Å². The third kappa shape index (κ3) is 2.47. The van der Waals surface area contributed by atoms with Gasteiger partial charge in [0.05, 0.1) is 0 Å². The van der Waals surface area contributed by atoms with Crippen molar-refractivity contribution in [2.45, 2.75) is 4.90 Å². The number of hydrogen-bond donors (Lipinski definition) is 0. The fraction of sp³-hybridized carbons (Fsp3) is 0.125. The van der Waals surface area contributed by atoms with Gasteiger partial charge in [0.1, 0.15) is 0 Å². The maximum atomic E-state index is 10.1. The predicted molar refractivity (Wildman–Crippen MR) is 46.0 cm³/mol. The molecular weight excluding hydrogens is 176 g/mol. The molecule has 4 heteroatoms. The lowest BCUT2D eigenvalue weighted by atomic mass is 10.3. The molecule has 0 fully saturated rings. The molecule has 0 unspecified atom stereocenters. The molecular formula is C8H8O3S.